The van der Waals surface area contributed by atoms with Gasteiger partial charge in [0.2, 0.25) is 0 Å². The number of nitrogens with zero attached hydrogens (tertiary/aromatic N) is 5. The van der Waals surface area contributed by atoms with Crippen LogP contribution in [0.3, 0.4) is 0 Å². The number of pyridine rings is 1. The topological polar surface area (TPSA) is 91.9 Å². The molecule has 3 aromatic rings. The van der Waals surface area contributed by atoms with Crippen LogP contribution in [0.5, 0.6) is 0 Å². The highest BCUT2D eigenvalue weighted by Gasteiger charge is 2.30. The third kappa shape index (κ3) is 3.12. The Labute approximate surface area is 159 Å². The van der Waals surface area contributed by atoms with Gasteiger partial charge in [-0.3, -0.25) is 9.36 Å². The number of rotatable bonds is 4. The van der Waals surface area contributed by atoms with Crippen LogP contribution in [0.1, 0.15) is 25.1 Å². The summed E-state index contributed by atoms with van der Waals surface area (Å²) in [5, 5.41) is 11.8. The molecule has 0 amide bonds. The molecule has 3 heterocycles. The Kier molecular flexibility index (Phi) is 4.49. The molecule has 0 fully saturated rings. The minimum atomic E-state index is -0.570. The Morgan fingerprint density at radius 2 is 2.19 bits per heavy atom. The average Bonchev–Trinajstić information content (AvgIpc) is 3.31. The van der Waals surface area contributed by atoms with Crippen LogP contribution < -0.4 is 5.56 Å². The molecular weight excluding hydrogens is 370 g/mol. The van der Waals surface area contributed by atoms with Gasteiger partial charge in [0, 0.05) is 22.3 Å². The molecule has 1 atom stereocenters. The third-order valence-corrected chi connectivity index (χ3v) is 4.79. The summed E-state index contributed by atoms with van der Waals surface area (Å²) >= 11 is 6.18. The first-order chi connectivity index (χ1) is 13.1. The van der Waals surface area contributed by atoms with Crippen molar-refractivity contribution in [3.05, 3.63) is 57.7 Å². The van der Waals surface area contributed by atoms with Gasteiger partial charge in [0.15, 0.2) is 0 Å². The van der Waals surface area contributed by atoms with Gasteiger partial charge in [0.1, 0.15) is 12.4 Å². The van der Waals surface area contributed by atoms with Crippen molar-refractivity contribution in [2.45, 2.75) is 25.8 Å². The molecule has 1 aliphatic heterocycles. The number of aromatic nitrogens is 5. The van der Waals surface area contributed by atoms with Gasteiger partial charge in [-0.2, -0.15) is 4.68 Å². The van der Waals surface area contributed by atoms with Crippen LogP contribution in [0.2, 0.25) is 5.02 Å². The molecule has 0 unspecified atom stereocenters. The number of aryl methyl sites for hydroxylation is 1. The van der Waals surface area contributed by atoms with E-state index in [0.717, 1.165) is 11.3 Å². The van der Waals surface area contributed by atoms with E-state index in [-0.39, 0.29) is 18.1 Å². The Balaban J connectivity index is 1.82. The van der Waals surface area contributed by atoms with Crippen LogP contribution >= 0.6 is 11.6 Å². The number of tetrazole rings is 1. The fourth-order valence-corrected chi connectivity index (χ4v) is 3.60. The molecule has 1 aliphatic rings. The summed E-state index contributed by atoms with van der Waals surface area (Å²) in [7, 11) is 0. The molecule has 0 N–H and O–H groups in total. The second-order valence-electron chi connectivity index (χ2n) is 6.17. The van der Waals surface area contributed by atoms with Crippen LogP contribution in [0, 0.1) is 0 Å². The lowest BCUT2D eigenvalue weighted by Crippen LogP contribution is -2.28. The van der Waals surface area contributed by atoms with E-state index >= 15 is 0 Å². The van der Waals surface area contributed by atoms with Gasteiger partial charge >= 0.3 is 5.97 Å². The number of carbonyl (C=O) groups excluding carboxylic acids is 1. The van der Waals surface area contributed by atoms with Crippen LogP contribution in [0.4, 0.5) is 0 Å². The largest absolute Gasteiger partial charge is 0.464 e. The van der Waals surface area contributed by atoms with Crippen molar-refractivity contribution in [1.29, 1.82) is 0 Å². The highest BCUT2D eigenvalue weighted by atomic mass is 35.5. The van der Waals surface area contributed by atoms with Crippen molar-refractivity contribution in [2.75, 3.05) is 6.61 Å². The van der Waals surface area contributed by atoms with E-state index in [2.05, 4.69) is 15.5 Å². The second kappa shape index (κ2) is 6.96. The minimum Gasteiger partial charge on any atom is -0.464 e. The Hall–Kier alpha value is -3.00. The zero-order valence-electron chi connectivity index (χ0n) is 14.5. The number of esters is 1. The Bertz CT molecular complexity index is 1060. The number of halogens is 1. The molecular formula is C18H16ClN5O3. The maximum absolute atomic E-state index is 12.8. The summed E-state index contributed by atoms with van der Waals surface area (Å²) in [6.45, 7) is 2.04. The monoisotopic (exact) mass is 385 g/mol. The Morgan fingerprint density at radius 3 is 2.93 bits per heavy atom. The van der Waals surface area contributed by atoms with E-state index in [9.17, 15) is 9.59 Å². The lowest BCUT2D eigenvalue weighted by Gasteiger charge is -2.15. The molecule has 4 rings (SSSR count). The van der Waals surface area contributed by atoms with Gasteiger partial charge in [-0.15, -0.1) is 5.10 Å². The molecule has 0 spiro atoms. The van der Waals surface area contributed by atoms with Crippen molar-refractivity contribution >= 4 is 17.6 Å². The predicted molar refractivity (Wildman–Crippen MR) is 97.9 cm³/mol. The van der Waals surface area contributed by atoms with Crippen LogP contribution in [0.15, 0.2) is 41.5 Å². The van der Waals surface area contributed by atoms with E-state index in [4.69, 9.17) is 16.3 Å². The molecule has 2 aromatic heterocycles. The first-order valence-corrected chi connectivity index (χ1v) is 8.91. The molecule has 8 nitrogen and oxygen atoms in total. The quantitative estimate of drug-likeness (QED) is 0.639. The first kappa shape index (κ1) is 17.4. The van der Waals surface area contributed by atoms with E-state index < -0.39 is 6.04 Å². The molecule has 0 radical (unpaired) electrons. The number of hydrogen-bond donors (Lipinski definition) is 0. The van der Waals surface area contributed by atoms with Gasteiger partial charge in [-0.1, -0.05) is 11.6 Å². The smallest absolute Gasteiger partial charge is 0.329 e. The standard InChI is InChI=1S/C18H16ClN5O3/c1-2-27-18(26)16-6-4-13-7-11(8-17(25)24(13)16)14-9-12(19)3-5-15(14)23-10-20-21-22-23/h3,5,7-10,16H,2,4,6H2,1H3/t16-/m1/s1. The maximum atomic E-state index is 12.8. The summed E-state index contributed by atoms with van der Waals surface area (Å²) in [6.07, 6.45) is 2.64. The van der Waals surface area contributed by atoms with Crippen LogP contribution in [0.25, 0.3) is 16.8 Å². The highest BCUT2D eigenvalue weighted by Crippen LogP contribution is 2.32. The number of carbonyl (C=O) groups is 1. The molecule has 0 bridgehead atoms. The SMILES string of the molecule is CCOC(=O)[C@H]1CCc2cc(-c3cc(Cl)ccc3-n3cnnn3)cc(=O)n21. The van der Waals surface area contributed by atoms with E-state index in [1.807, 2.05) is 6.07 Å². The summed E-state index contributed by atoms with van der Waals surface area (Å²) in [6, 6.07) is 8.13. The van der Waals surface area contributed by atoms with Gasteiger partial charge in [-0.25, -0.2) is 4.79 Å². The normalized spacial score (nSPS) is 15.6. The lowest BCUT2D eigenvalue weighted by atomic mass is 10.0. The number of benzene rings is 1. The van der Waals surface area contributed by atoms with Gasteiger partial charge < -0.3 is 4.74 Å². The molecule has 0 aliphatic carbocycles. The molecule has 0 saturated carbocycles. The zero-order chi connectivity index (χ0) is 19.0. The van der Waals surface area contributed by atoms with Crippen molar-refractivity contribution in [3.63, 3.8) is 0 Å². The maximum Gasteiger partial charge on any atom is 0.329 e. The fourth-order valence-electron chi connectivity index (χ4n) is 3.42. The van der Waals surface area contributed by atoms with Crippen molar-refractivity contribution in [3.8, 4) is 16.8 Å². The van der Waals surface area contributed by atoms with Gasteiger partial charge in [0.25, 0.3) is 5.56 Å². The first-order valence-electron chi connectivity index (χ1n) is 8.54. The van der Waals surface area contributed by atoms with E-state index in [1.165, 1.54) is 21.6 Å². The molecule has 9 heteroatoms. The van der Waals surface area contributed by atoms with Gasteiger partial charge in [0.05, 0.1) is 12.3 Å². The third-order valence-electron chi connectivity index (χ3n) is 4.56. The number of hydrogen-bond acceptors (Lipinski definition) is 6. The van der Waals surface area contributed by atoms with Crippen LogP contribution in [-0.2, 0) is 16.0 Å². The molecule has 138 valence electrons. The minimum absolute atomic E-state index is 0.249. The summed E-state index contributed by atoms with van der Waals surface area (Å²) < 4.78 is 8.12. The second-order valence-corrected chi connectivity index (χ2v) is 6.60. The molecule has 27 heavy (non-hydrogen) atoms. The fraction of sp³-hybridized carbons (Fsp3) is 0.278. The van der Waals surface area contributed by atoms with E-state index in [1.54, 1.807) is 25.1 Å². The lowest BCUT2D eigenvalue weighted by molar-refractivity contribution is -0.147. The van der Waals surface area contributed by atoms with Gasteiger partial charge in [-0.05, 0) is 60.0 Å². The molecule has 0 saturated heterocycles. The number of fused-ring (bicyclic) bond motifs is 1. The average molecular weight is 386 g/mol. The summed E-state index contributed by atoms with van der Waals surface area (Å²) in [5.74, 6) is -0.372. The van der Waals surface area contributed by atoms with Crippen molar-refractivity contribution in [1.82, 2.24) is 24.8 Å². The van der Waals surface area contributed by atoms with Crippen molar-refractivity contribution in [2.24, 2.45) is 0 Å². The number of ether oxygens (including phenoxy) is 1. The highest BCUT2D eigenvalue weighted by molar-refractivity contribution is 6.31. The van der Waals surface area contributed by atoms with E-state index in [0.29, 0.717) is 29.1 Å². The van der Waals surface area contributed by atoms with Crippen LogP contribution in [-0.4, -0.2) is 37.4 Å². The Morgan fingerprint density at radius 1 is 1.33 bits per heavy atom. The summed E-state index contributed by atoms with van der Waals surface area (Å²) in [4.78, 5) is 24.9. The predicted octanol–water partition coefficient (Wildman–Crippen LogP) is 2.19. The van der Waals surface area contributed by atoms with Crippen molar-refractivity contribution < 1.29 is 9.53 Å². The molecule has 1 aromatic carbocycles. The summed E-state index contributed by atoms with van der Waals surface area (Å²) in [5.41, 5.74) is 2.67. The zero-order valence-corrected chi connectivity index (χ0v) is 15.3.